The molecule has 1 unspecified atom stereocenters. The molecule has 5 nitrogen and oxygen atoms in total. The Balaban J connectivity index is 1.97. The molecule has 1 atom stereocenters. The number of hydrogen-bond donors (Lipinski definition) is 1. The number of benzene rings is 1. The molecular weight excluding hydrogens is 412 g/mol. The molecule has 6 heteroatoms. The zero-order valence-corrected chi connectivity index (χ0v) is 17.6. The van der Waals surface area contributed by atoms with Crippen LogP contribution < -0.4 is 9.47 Å². The molecule has 1 heterocycles. The first-order valence-electron chi connectivity index (χ1n) is 9.76. The number of fused-ring (bicyclic) bond motifs is 1. The number of carbonyl (C=O) groups is 2. The fraction of sp³-hybridized carbons (Fsp3) is 0.619. The van der Waals surface area contributed by atoms with Gasteiger partial charge in [-0.1, -0.05) is 15.9 Å². The normalized spacial score (nSPS) is 15.7. The minimum Gasteiger partial charge on any atom is -0.493 e. The molecule has 1 aromatic carbocycles. The van der Waals surface area contributed by atoms with Gasteiger partial charge in [-0.2, -0.15) is 0 Å². The van der Waals surface area contributed by atoms with E-state index in [2.05, 4.69) is 15.9 Å². The highest BCUT2D eigenvalue weighted by Gasteiger charge is 2.23. The molecule has 2 rings (SSSR count). The maximum absolute atomic E-state index is 12.0. The van der Waals surface area contributed by atoms with Crippen molar-refractivity contribution in [3.63, 3.8) is 0 Å². The maximum atomic E-state index is 12.0. The second-order valence-corrected chi connectivity index (χ2v) is 7.82. The minimum atomic E-state index is -0.750. The molecule has 1 aromatic rings. The van der Waals surface area contributed by atoms with E-state index < -0.39 is 5.97 Å². The lowest BCUT2D eigenvalue weighted by atomic mass is 9.96. The molecule has 0 aliphatic carbocycles. The fourth-order valence-corrected chi connectivity index (χ4v) is 3.66. The first-order chi connectivity index (χ1) is 13.0. The summed E-state index contributed by atoms with van der Waals surface area (Å²) in [5.74, 6) is 0.653. The van der Waals surface area contributed by atoms with Crippen molar-refractivity contribution in [2.45, 2.75) is 70.8 Å². The van der Waals surface area contributed by atoms with Crippen LogP contribution in [0.4, 0.5) is 0 Å². The number of aryl methyl sites for hydroxylation is 1. The number of unbranched alkanes of at least 4 members (excludes halogenated alkanes) is 3. The third kappa shape index (κ3) is 7.17. The van der Waals surface area contributed by atoms with Crippen LogP contribution in [0.3, 0.4) is 0 Å². The van der Waals surface area contributed by atoms with Crippen LogP contribution in [0.1, 0.15) is 74.2 Å². The van der Waals surface area contributed by atoms with Crippen molar-refractivity contribution in [3.8, 4) is 11.5 Å². The van der Waals surface area contributed by atoms with E-state index in [9.17, 15) is 9.59 Å². The Hall–Kier alpha value is -1.56. The van der Waals surface area contributed by atoms with Gasteiger partial charge in [0, 0.05) is 17.8 Å². The second-order valence-electron chi connectivity index (χ2n) is 7.03. The largest absolute Gasteiger partial charge is 0.493 e. The van der Waals surface area contributed by atoms with Crippen LogP contribution in [0.25, 0.3) is 0 Å². The Bertz CT molecular complexity index is 644. The summed E-state index contributed by atoms with van der Waals surface area (Å²) >= 11 is 3.42. The summed E-state index contributed by atoms with van der Waals surface area (Å²) < 4.78 is 12.0. The average molecular weight is 441 g/mol. The van der Waals surface area contributed by atoms with E-state index in [0.29, 0.717) is 24.3 Å². The quantitative estimate of drug-likeness (QED) is 0.275. The number of halogens is 1. The first kappa shape index (κ1) is 21.7. The Morgan fingerprint density at radius 1 is 1.22 bits per heavy atom. The van der Waals surface area contributed by atoms with Gasteiger partial charge in [0.1, 0.15) is 11.5 Å². The van der Waals surface area contributed by atoms with Gasteiger partial charge in [0.25, 0.3) is 0 Å². The lowest BCUT2D eigenvalue weighted by Crippen LogP contribution is -2.23. The van der Waals surface area contributed by atoms with E-state index in [4.69, 9.17) is 14.6 Å². The number of Topliss-reactive ketones (excluding diaryl/α,β-unsaturated/α-hetero) is 1. The van der Waals surface area contributed by atoms with Gasteiger partial charge in [0.2, 0.25) is 0 Å². The van der Waals surface area contributed by atoms with Gasteiger partial charge in [-0.25, -0.2) is 0 Å². The van der Waals surface area contributed by atoms with E-state index in [0.717, 1.165) is 61.6 Å². The molecule has 0 bridgehead atoms. The van der Waals surface area contributed by atoms with Crippen LogP contribution >= 0.6 is 15.9 Å². The standard InChI is InChI=1S/C21H29BrO5/c1-15(23)18-13-16-9-10-17(7-3-4-8-21(24)25)27-19(16)14-20(18)26-12-6-2-5-11-22/h13-14,17H,2-12H2,1H3,(H,24,25). The number of ketones is 1. The van der Waals surface area contributed by atoms with Crippen molar-refractivity contribution in [2.75, 3.05) is 11.9 Å². The number of carboxylic acid groups (broad SMARTS) is 1. The molecule has 1 N–H and O–H groups in total. The van der Waals surface area contributed by atoms with Crippen molar-refractivity contribution in [1.29, 1.82) is 0 Å². The topological polar surface area (TPSA) is 72.8 Å². The Morgan fingerprint density at radius 2 is 2.04 bits per heavy atom. The maximum Gasteiger partial charge on any atom is 0.303 e. The number of hydrogen-bond acceptors (Lipinski definition) is 4. The SMILES string of the molecule is CC(=O)c1cc2c(cc1OCCCCCBr)OC(CCCCC(=O)O)CC2. The summed E-state index contributed by atoms with van der Waals surface area (Å²) in [7, 11) is 0. The Kier molecular flexibility index (Phi) is 9.11. The van der Waals surface area contributed by atoms with Gasteiger partial charge in [0.15, 0.2) is 5.78 Å². The van der Waals surface area contributed by atoms with E-state index in [1.54, 1.807) is 6.92 Å². The van der Waals surface area contributed by atoms with E-state index in [1.807, 2.05) is 12.1 Å². The molecule has 0 fully saturated rings. The van der Waals surface area contributed by atoms with Crippen molar-refractivity contribution in [3.05, 3.63) is 23.3 Å². The summed E-state index contributed by atoms with van der Waals surface area (Å²) in [6, 6.07) is 3.77. The number of carbonyl (C=O) groups excluding carboxylic acids is 1. The van der Waals surface area contributed by atoms with Gasteiger partial charge in [-0.15, -0.1) is 0 Å². The molecule has 0 radical (unpaired) electrons. The number of rotatable bonds is 12. The predicted octanol–water partition coefficient (Wildman–Crippen LogP) is 5.17. The van der Waals surface area contributed by atoms with Crippen molar-refractivity contribution >= 4 is 27.7 Å². The number of alkyl halides is 1. The van der Waals surface area contributed by atoms with Gasteiger partial charge in [0.05, 0.1) is 18.3 Å². The third-order valence-electron chi connectivity index (χ3n) is 4.77. The van der Waals surface area contributed by atoms with Gasteiger partial charge >= 0.3 is 5.97 Å². The summed E-state index contributed by atoms with van der Waals surface area (Å²) in [6.07, 6.45) is 7.58. The van der Waals surface area contributed by atoms with Crippen molar-refractivity contribution < 1.29 is 24.2 Å². The summed E-state index contributed by atoms with van der Waals surface area (Å²) in [5, 5.41) is 9.72. The predicted molar refractivity (Wildman–Crippen MR) is 108 cm³/mol. The first-order valence-corrected chi connectivity index (χ1v) is 10.9. The van der Waals surface area contributed by atoms with Crippen LogP contribution in [0.2, 0.25) is 0 Å². The van der Waals surface area contributed by atoms with Crippen molar-refractivity contribution in [1.82, 2.24) is 0 Å². The molecule has 1 aliphatic heterocycles. The molecule has 27 heavy (non-hydrogen) atoms. The lowest BCUT2D eigenvalue weighted by molar-refractivity contribution is -0.137. The Labute approximate surface area is 169 Å². The summed E-state index contributed by atoms with van der Waals surface area (Å²) in [4.78, 5) is 22.6. The smallest absolute Gasteiger partial charge is 0.303 e. The number of aliphatic carboxylic acids is 1. The summed E-state index contributed by atoms with van der Waals surface area (Å²) in [5.41, 5.74) is 1.67. The number of ether oxygens (including phenoxy) is 2. The molecular formula is C21H29BrO5. The third-order valence-corrected chi connectivity index (χ3v) is 5.33. The van der Waals surface area contributed by atoms with E-state index in [1.165, 1.54) is 0 Å². The zero-order valence-electron chi connectivity index (χ0n) is 16.0. The molecule has 0 spiro atoms. The highest BCUT2D eigenvalue weighted by atomic mass is 79.9. The van der Waals surface area contributed by atoms with Gasteiger partial charge in [-0.05, 0) is 69.9 Å². The average Bonchev–Trinajstić information content (AvgIpc) is 2.64. The van der Waals surface area contributed by atoms with Crippen LogP contribution in [0.15, 0.2) is 12.1 Å². The molecule has 0 saturated heterocycles. The zero-order chi connectivity index (χ0) is 19.6. The van der Waals surface area contributed by atoms with Crippen LogP contribution in [0.5, 0.6) is 11.5 Å². The monoisotopic (exact) mass is 440 g/mol. The highest BCUT2D eigenvalue weighted by Crippen LogP contribution is 2.35. The molecule has 150 valence electrons. The fourth-order valence-electron chi connectivity index (χ4n) is 3.27. The second kappa shape index (κ2) is 11.3. The minimum absolute atomic E-state index is 0.00375. The lowest BCUT2D eigenvalue weighted by Gasteiger charge is -2.27. The van der Waals surface area contributed by atoms with E-state index >= 15 is 0 Å². The Morgan fingerprint density at radius 3 is 2.74 bits per heavy atom. The molecule has 0 aromatic heterocycles. The van der Waals surface area contributed by atoms with E-state index in [-0.39, 0.29) is 18.3 Å². The summed E-state index contributed by atoms with van der Waals surface area (Å²) in [6.45, 7) is 2.15. The van der Waals surface area contributed by atoms with Crippen LogP contribution in [-0.4, -0.2) is 34.9 Å². The van der Waals surface area contributed by atoms with Crippen LogP contribution in [0, 0.1) is 0 Å². The molecule has 1 aliphatic rings. The van der Waals surface area contributed by atoms with Crippen molar-refractivity contribution in [2.24, 2.45) is 0 Å². The number of carboxylic acids is 1. The van der Waals surface area contributed by atoms with Gasteiger partial charge in [-0.3, -0.25) is 9.59 Å². The van der Waals surface area contributed by atoms with Gasteiger partial charge < -0.3 is 14.6 Å². The van der Waals surface area contributed by atoms with Crippen LogP contribution in [-0.2, 0) is 11.2 Å². The molecule has 0 saturated carbocycles. The molecule has 0 amide bonds. The highest BCUT2D eigenvalue weighted by molar-refractivity contribution is 9.09.